The largest absolute Gasteiger partial charge is 0.349 e. The monoisotopic (exact) mass is 474 g/mol. The SMILES string of the molecule is CCCn1c(C)cc(/C=C(/C#N)C(=O)Nc2ccc(Cl)c(S(=O)(=O)N3CCCC3)c2)c1C. The fourth-order valence-electron chi connectivity index (χ4n) is 3.89. The van der Waals surface area contributed by atoms with Crippen LogP contribution in [0.4, 0.5) is 5.69 Å². The molecule has 1 N–H and O–H groups in total. The van der Waals surface area contributed by atoms with Crippen molar-refractivity contribution in [1.29, 1.82) is 5.26 Å². The molecule has 0 bridgehead atoms. The Kier molecular flexibility index (Phi) is 7.44. The minimum Gasteiger partial charge on any atom is -0.349 e. The third-order valence-electron chi connectivity index (χ3n) is 5.60. The number of aryl methyl sites for hydroxylation is 1. The molecule has 2 heterocycles. The molecule has 0 atom stereocenters. The summed E-state index contributed by atoms with van der Waals surface area (Å²) in [6, 6.07) is 8.19. The first-order valence-electron chi connectivity index (χ1n) is 10.6. The molecule has 0 unspecified atom stereocenters. The molecule has 0 aliphatic carbocycles. The number of nitrogens with zero attached hydrogens (tertiary/aromatic N) is 3. The molecule has 7 nitrogen and oxygen atoms in total. The molecule has 1 fully saturated rings. The predicted octanol–water partition coefficient (Wildman–Crippen LogP) is 4.50. The van der Waals surface area contributed by atoms with Crippen LogP contribution in [-0.4, -0.2) is 36.3 Å². The molecule has 1 aliphatic rings. The fourth-order valence-corrected chi connectivity index (χ4v) is 5.91. The molecule has 0 saturated carbocycles. The first-order valence-corrected chi connectivity index (χ1v) is 12.4. The number of anilines is 1. The lowest BCUT2D eigenvalue weighted by molar-refractivity contribution is -0.112. The average Bonchev–Trinajstić information content (AvgIpc) is 3.38. The maximum atomic E-state index is 12.9. The second-order valence-corrected chi connectivity index (χ2v) is 10.2. The van der Waals surface area contributed by atoms with Gasteiger partial charge in [0.1, 0.15) is 16.5 Å². The van der Waals surface area contributed by atoms with E-state index >= 15 is 0 Å². The number of rotatable bonds is 7. The normalized spacial score (nSPS) is 15.0. The van der Waals surface area contributed by atoms with Gasteiger partial charge in [0.15, 0.2) is 0 Å². The quantitative estimate of drug-likeness (QED) is 0.472. The van der Waals surface area contributed by atoms with Crippen LogP contribution in [0.25, 0.3) is 6.08 Å². The summed E-state index contributed by atoms with van der Waals surface area (Å²) in [6.45, 7) is 7.80. The highest BCUT2D eigenvalue weighted by Crippen LogP contribution is 2.30. The lowest BCUT2D eigenvalue weighted by Gasteiger charge is -2.17. The first kappa shape index (κ1) is 24.1. The highest BCUT2D eigenvalue weighted by molar-refractivity contribution is 7.89. The standard InChI is InChI=1S/C23H27ClN4O3S/c1-4-9-28-16(2)12-18(17(28)3)13-19(15-25)23(29)26-20-7-8-21(24)22(14-20)32(30,31)27-10-5-6-11-27/h7-8,12-14H,4-6,9-11H2,1-3H3,(H,26,29)/b19-13-. The summed E-state index contributed by atoms with van der Waals surface area (Å²) < 4.78 is 29.4. The van der Waals surface area contributed by atoms with Gasteiger partial charge >= 0.3 is 0 Å². The number of hydrogen-bond acceptors (Lipinski definition) is 4. The van der Waals surface area contributed by atoms with E-state index < -0.39 is 15.9 Å². The highest BCUT2D eigenvalue weighted by atomic mass is 35.5. The Bertz CT molecular complexity index is 1200. The first-order chi connectivity index (χ1) is 15.2. The van der Waals surface area contributed by atoms with Gasteiger partial charge in [-0.05, 0) is 69.0 Å². The van der Waals surface area contributed by atoms with E-state index in [0.717, 1.165) is 42.8 Å². The Labute approximate surface area is 194 Å². The van der Waals surface area contributed by atoms with Gasteiger partial charge in [-0.1, -0.05) is 18.5 Å². The number of benzene rings is 1. The van der Waals surface area contributed by atoms with Gasteiger partial charge < -0.3 is 9.88 Å². The van der Waals surface area contributed by atoms with Gasteiger partial charge in [0.25, 0.3) is 5.91 Å². The van der Waals surface area contributed by atoms with Crippen molar-refractivity contribution in [3.05, 3.63) is 51.8 Å². The van der Waals surface area contributed by atoms with E-state index in [9.17, 15) is 18.5 Å². The molecule has 1 aliphatic heterocycles. The lowest BCUT2D eigenvalue weighted by atomic mass is 10.1. The van der Waals surface area contributed by atoms with Gasteiger partial charge in [-0.2, -0.15) is 9.57 Å². The number of amides is 1. The molecular weight excluding hydrogens is 448 g/mol. The maximum absolute atomic E-state index is 12.9. The van der Waals surface area contributed by atoms with Gasteiger partial charge in [-0.15, -0.1) is 0 Å². The minimum atomic E-state index is -3.75. The molecule has 170 valence electrons. The van der Waals surface area contributed by atoms with Gasteiger partial charge in [-0.25, -0.2) is 8.42 Å². The molecular formula is C23H27ClN4O3S. The third kappa shape index (κ3) is 4.90. The van der Waals surface area contributed by atoms with Gasteiger partial charge in [-0.3, -0.25) is 4.79 Å². The highest BCUT2D eigenvalue weighted by Gasteiger charge is 2.29. The molecule has 32 heavy (non-hydrogen) atoms. The molecule has 2 aromatic rings. The second-order valence-electron chi connectivity index (χ2n) is 7.86. The summed E-state index contributed by atoms with van der Waals surface area (Å²) in [7, 11) is -3.75. The van der Waals surface area contributed by atoms with Crippen molar-refractivity contribution in [3.8, 4) is 6.07 Å². The zero-order chi connectivity index (χ0) is 23.5. The van der Waals surface area contributed by atoms with Gasteiger partial charge in [0.05, 0.1) is 5.02 Å². The second kappa shape index (κ2) is 9.90. The minimum absolute atomic E-state index is 0.0514. The van der Waals surface area contributed by atoms with E-state index in [0.29, 0.717) is 13.1 Å². The Morgan fingerprint density at radius 1 is 1.25 bits per heavy atom. The number of aromatic nitrogens is 1. The summed E-state index contributed by atoms with van der Waals surface area (Å²) in [4.78, 5) is 12.7. The van der Waals surface area contributed by atoms with Crippen LogP contribution in [0.2, 0.25) is 5.02 Å². The van der Waals surface area contributed by atoms with Crippen LogP contribution >= 0.6 is 11.6 Å². The Balaban J connectivity index is 1.87. The molecule has 9 heteroatoms. The van der Waals surface area contributed by atoms with Crippen molar-refractivity contribution in [2.24, 2.45) is 0 Å². The maximum Gasteiger partial charge on any atom is 0.266 e. The molecule has 1 saturated heterocycles. The average molecular weight is 475 g/mol. The van der Waals surface area contributed by atoms with Crippen LogP contribution in [0.15, 0.2) is 34.7 Å². The predicted molar refractivity (Wildman–Crippen MR) is 126 cm³/mol. The van der Waals surface area contributed by atoms with Gasteiger partial charge in [0, 0.05) is 36.7 Å². The van der Waals surface area contributed by atoms with E-state index in [4.69, 9.17) is 11.6 Å². The van der Waals surface area contributed by atoms with Crippen LogP contribution in [0, 0.1) is 25.2 Å². The molecule has 0 radical (unpaired) electrons. The molecule has 3 rings (SSSR count). The zero-order valence-corrected chi connectivity index (χ0v) is 20.1. The number of nitrogens with one attached hydrogen (secondary N) is 1. The summed E-state index contributed by atoms with van der Waals surface area (Å²) in [5.41, 5.74) is 3.03. The molecule has 1 aromatic heterocycles. The molecule has 1 aromatic carbocycles. The van der Waals surface area contributed by atoms with E-state index in [1.165, 1.54) is 22.5 Å². The summed E-state index contributed by atoms with van der Waals surface area (Å²) in [5.74, 6) is -0.611. The van der Waals surface area contributed by atoms with Crippen LogP contribution in [-0.2, 0) is 21.4 Å². The van der Waals surface area contributed by atoms with Crippen LogP contribution < -0.4 is 5.32 Å². The fraction of sp³-hybridized carbons (Fsp3) is 0.391. The van der Waals surface area contributed by atoms with E-state index in [2.05, 4.69) is 16.8 Å². The van der Waals surface area contributed by atoms with Crippen LogP contribution in [0.1, 0.15) is 43.1 Å². The third-order valence-corrected chi connectivity index (χ3v) is 7.98. The van der Waals surface area contributed by atoms with E-state index in [-0.39, 0.29) is 21.2 Å². The summed E-state index contributed by atoms with van der Waals surface area (Å²) in [5, 5.41) is 12.3. The van der Waals surface area contributed by atoms with E-state index in [1.807, 2.05) is 26.0 Å². The van der Waals surface area contributed by atoms with Crippen molar-refractivity contribution in [2.75, 3.05) is 18.4 Å². The molecule has 1 amide bonds. The van der Waals surface area contributed by atoms with Crippen molar-refractivity contribution >= 4 is 39.3 Å². The Morgan fingerprint density at radius 2 is 1.94 bits per heavy atom. The Morgan fingerprint density at radius 3 is 2.56 bits per heavy atom. The number of sulfonamides is 1. The summed E-state index contributed by atoms with van der Waals surface area (Å²) in [6.07, 6.45) is 4.15. The molecule has 0 spiro atoms. The number of hydrogen-bond donors (Lipinski definition) is 1. The number of carbonyl (C=O) groups is 1. The van der Waals surface area contributed by atoms with Crippen LogP contribution in [0.3, 0.4) is 0 Å². The van der Waals surface area contributed by atoms with Crippen molar-refractivity contribution in [1.82, 2.24) is 8.87 Å². The topological polar surface area (TPSA) is 95.2 Å². The van der Waals surface area contributed by atoms with Crippen molar-refractivity contribution in [2.45, 2.75) is 51.5 Å². The van der Waals surface area contributed by atoms with Gasteiger partial charge in [0.2, 0.25) is 10.0 Å². The Hall–Kier alpha value is -2.60. The summed E-state index contributed by atoms with van der Waals surface area (Å²) >= 11 is 6.17. The smallest absolute Gasteiger partial charge is 0.266 e. The zero-order valence-electron chi connectivity index (χ0n) is 18.5. The number of carbonyl (C=O) groups excluding carboxylic acids is 1. The number of nitriles is 1. The lowest BCUT2D eigenvalue weighted by Crippen LogP contribution is -2.28. The van der Waals surface area contributed by atoms with Crippen molar-refractivity contribution < 1.29 is 13.2 Å². The van der Waals surface area contributed by atoms with Crippen LogP contribution in [0.5, 0.6) is 0 Å². The number of halogens is 1. The van der Waals surface area contributed by atoms with Crippen molar-refractivity contribution in [3.63, 3.8) is 0 Å². The van der Waals surface area contributed by atoms with E-state index in [1.54, 1.807) is 6.08 Å².